The summed E-state index contributed by atoms with van der Waals surface area (Å²) in [5.74, 6) is -1.75. The Balaban J connectivity index is 2.23. The molecule has 1 N–H and O–H groups in total. The molecule has 2 fully saturated rings. The summed E-state index contributed by atoms with van der Waals surface area (Å²) in [6.07, 6.45) is 0.258. The van der Waals surface area contributed by atoms with E-state index in [9.17, 15) is 18.0 Å². The maximum Gasteiger partial charge on any atom is 0.323 e. The van der Waals surface area contributed by atoms with Gasteiger partial charge in [-0.3, -0.25) is 9.59 Å². The first-order chi connectivity index (χ1) is 6.42. The van der Waals surface area contributed by atoms with Gasteiger partial charge in [0.05, 0.1) is 5.75 Å². The normalized spacial score (nSPS) is 33.7. The number of fused-ring (bicyclic) bond motifs is 2. The van der Waals surface area contributed by atoms with E-state index < -0.39 is 39.6 Å². The van der Waals surface area contributed by atoms with Crippen LogP contribution in [0.1, 0.15) is 6.42 Å². The molecule has 0 aromatic rings. The Morgan fingerprint density at radius 1 is 1.57 bits per heavy atom. The molecular weight excluding hydrogens is 210 g/mol. The minimum absolute atomic E-state index is 0.0866. The van der Waals surface area contributed by atoms with Gasteiger partial charge in [0.2, 0.25) is 5.91 Å². The molecule has 0 aromatic carbocycles. The summed E-state index contributed by atoms with van der Waals surface area (Å²) in [6.45, 7) is -0.393. The van der Waals surface area contributed by atoms with E-state index in [1.165, 1.54) is 0 Å². The topological polar surface area (TPSA) is 91.8 Å². The number of carboxylic acid groups (broad SMARTS) is 1. The number of likely N-dealkylation sites (tertiary alicyclic amines) is 1. The maximum atomic E-state index is 11.4. The number of nitrogens with zero attached hydrogens (tertiary/aromatic N) is 1. The van der Waals surface area contributed by atoms with E-state index in [2.05, 4.69) is 0 Å². The number of rotatable bonds is 2. The van der Waals surface area contributed by atoms with Crippen molar-refractivity contribution < 1.29 is 23.1 Å². The largest absolute Gasteiger partial charge is 0.480 e. The monoisotopic (exact) mass is 219 g/mol. The molecule has 2 unspecified atom stereocenters. The number of hydrogen-bond acceptors (Lipinski definition) is 4. The SMILES string of the molecule is O=C(O)CN1C(=O)C2CC1CS2(=O)=O. The van der Waals surface area contributed by atoms with E-state index in [-0.39, 0.29) is 12.2 Å². The number of hydrogen-bond donors (Lipinski definition) is 1. The fourth-order valence-corrected chi connectivity index (χ4v) is 4.08. The Hall–Kier alpha value is -1.11. The molecule has 0 saturated carbocycles. The molecule has 2 bridgehead atoms. The summed E-state index contributed by atoms with van der Waals surface area (Å²) in [7, 11) is -3.29. The van der Waals surface area contributed by atoms with Crippen molar-refractivity contribution in [2.45, 2.75) is 17.7 Å². The molecular formula is C7H9NO5S. The molecule has 1 amide bonds. The molecule has 14 heavy (non-hydrogen) atoms. The van der Waals surface area contributed by atoms with Gasteiger partial charge >= 0.3 is 5.97 Å². The Kier molecular flexibility index (Phi) is 1.82. The predicted octanol–water partition coefficient (Wildman–Crippen LogP) is -1.53. The minimum Gasteiger partial charge on any atom is -0.480 e. The Labute approximate surface area is 80.4 Å². The molecule has 2 aliphatic heterocycles. The van der Waals surface area contributed by atoms with Crippen molar-refractivity contribution >= 4 is 21.7 Å². The second-order valence-electron chi connectivity index (χ2n) is 3.57. The van der Waals surface area contributed by atoms with Crippen LogP contribution in [0.25, 0.3) is 0 Å². The first kappa shape index (κ1) is 9.45. The smallest absolute Gasteiger partial charge is 0.323 e. The van der Waals surface area contributed by atoms with Crippen molar-refractivity contribution in [2.75, 3.05) is 12.3 Å². The number of amides is 1. The molecule has 78 valence electrons. The third-order valence-electron chi connectivity index (χ3n) is 2.65. The predicted molar refractivity (Wildman–Crippen MR) is 45.3 cm³/mol. The van der Waals surface area contributed by atoms with Crippen LogP contribution in [0.15, 0.2) is 0 Å². The maximum absolute atomic E-state index is 11.4. The zero-order valence-electron chi connectivity index (χ0n) is 7.21. The molecule has 0 radical (unpaired) electrons. The molecule has 2 rings (SSSR count). The number of carbonyl (C=O) groups is 2. The molecule has 6 nitrogen and oxygen atoms in total. The van der Waals surface area contributed by atoms with Gasteiger partial charge in [-0.25, -0.2) is 8.42 Å². The fraction of sp³-hybridized carbons (Fsp3) is 0.714. The van der Waals surface area contributed by atoms with Gasteiger partial charge in [-0.15, -0.1) is 0 Å². The lowest BCUT2D eigenvalue weighted by Gasteiger charge is -2.24. The molecule has 0 spiro atoms. The third kappa shape index (κ3) is 1.19. The van der Waals surface area contributed by atoms with E-state index in [1.807, 2.05) is 0 Å². The molecule has 0 aromatic heterocycles. The molecule has 2 heterocycles. The fourth-order valence-electron chi connectivity index (χ4n) is 2.04. The highest BCUT2D eigenvalue weighted by Gasteiger charge is 2.54. The number of aliphatic carboxylic acids is 1. The average Bonchev–Trinajstić information content (AvgIpc) is 2.46. The quantitative estimate of drug-likeness (QED) is 0.608. The van der Waals surface area contributed by atoms with Crippen molar-refractivity contribution in [1.82, 2.24) is 4.90 Å². The van der Waals surface area contributed by atoms with Crippen molar-refractivity contribution in [3.8, 4) is 0 Å². The summed E-state index contributed by atoms with van der Waals surface area (Å²) < 4.78 is 22.5. The van der Waals surface area contributed by atoms with Crippen LogP contribution in [0, 0.1) is 0 Å². The van der Waals surface area contributed by atoms with Crippen molar-refractivity contribution in [2.24, 2.45) is 0 Å². The van der Waals surface area contributed by atoms with Crippen LogP contribution in [0.2, 0.25) is 0 Å². The van der Waals surface area contributed by atoms with Crippen molar-refractivity contribution in [1.29, 1.82) is 0 Å². The van der Waals surface area contributed by atoms with E-state index in [0.717, 1.165) is 4.90 Å². The van der Waals surface area contributed by atoms with Gasteiger partial charge in [0, 0.05) is 6.04 Å². The van der Waals surface area contributed by atoms with Gasteiger partial charge in [0.1, 0.15) is 11.8 Å². The van der Waals surface area contributed by atoms with Gasteiger partial charge in [-0.05, 0) is 6.42 Å². The van der Waals surface area contributed by atoms with E-state index in [1.54, 1.807) is 0 Å². The van der Waals surface area contributed by atoms with Crippen LogP contribution in [-0.2, 0) is 19.4 Å². The number of carbonyl (C=O) groups excluding carboxylic acids is 1. The van der Waals surface area contributed by atoms with Crippen LogP contribution in [-0.4, -0.2) is 53.9 Å². The summed E-state index contributed by atoms with van der Waals surface area (Å²) in [5.41, 5.74) is 0. The van der Waals surface area contributed by atoms with Gasteiger partial charge in [-0.2, -0.15) is 0 Å². The second-order valence-corrected chi connectivity index (χ2v) is 5.80. The van der Waals surface area contributed by atoms with Crippen molar-refractivity contribution in [3.63, 3.8) is 0 Å². The van der Waals surface area contributed by atoms with E-state index in [0.29, 0.717) is 0 Å². The first-order valence-electron chi connectivity index (χ1n) is 4.15. The molecule has 2 aliphatic rings. The third-order valence-corrected chi connectivity index (χ3v) is 4.76. The highest BCUT2D eigenvalue weighted by Crippen LogP contribution is 2.33. The Morgan fingerprint density at radius 3 is 2.64 bits per heavy atom. The number of sulfone groups is 1. The zero-order chi connectivity index (χ0) is 10.5. The highest BCUT2D eigenvalue weighted by atomic mass is 32.2. The summed E-state index contributed by atoms with van der Waals surface area (Å²) >= 11 is 0. The Bertz CT molecular complexity index is 400. The zero-order valence-corrected chi connectivity index (χ0v) is 8.03. The second kappa shape index (κ2) is 2.69. The molecule has 7 heteroatoms. The molecule has 0 aliphatic carbocycles. The van der Waals surface area contributed by atoms with Gasteiger partial charge in [-0.1, -0.05) is 0 Å². The van der Waals surface area contributed by atoms with Gasteiger partial charge < -0.3 is 10.0 Å². The van der Waals surface area contributed by atoms with Crippen LogP contribution in [0.4, 0.5) is 0 Å². The minimum atomic E-state index is -3.29. The summed E-state index contributed by atoms with van der Waals surface area (Å²) in [4.78, 5) is 22.9. The standard InChI is InChI=1S/C7H9NO5S/c9-6(10)2-8-4-1-5(7(8)11)14(12,13)3-4/h4-5H,1-3H2,(H,9,10). The van der Waals surface area contributed by atoms with E-state index in [4.69, 9.17) is 5.11 Å². The van der Waals surface area contributed by atoms with Crippen LogP contribution < -0.4 is 0 Å². The number of carboxylic acids is 1. The van der Waals surface area contributed by atoms with Gasteiger partial charge in [0.25, 0.3) is 0 Å². The van der Waals surface area contributed by atoms with Crippen LogP contribution in [0.3, 0.4) is 0 Å². The van der Waals surface area contributed by atoms with Crippen molar-refractivity contribution in [3.05, 3.63) is 0 Å². The summed E-state index contributed by atoms with van der Waals surface area (Å²) in [5, 5.41) is 7.53. The summed E-state index contributed by atoms with van der Waals surface area (Å²) in [6, 6.07) is -0.423. The van der Waals surface area contributed by atoms with Gasteiger partial charge in [0.15, 0.2) is 9.84 Å². The highest BCUT2D eigenvalue weighted by molar-refractivity contribution is 7.93. The van der Waals surface area contributed by atoms with Crippen LogP contribution in [0.5, 0.6) is 0 Å². The van der Waals surface area contributed by atoms with E-state index >= 15 is 0 Å². The molecule has 2 atom stereocenters. The molecule has 2 saturated heterocycles. The lowest BCUT2D eigenvalue weighted by atomic mass is 10.2. The average molecular weight is 219 g/mol. The first-order valence-corrected chi connectivity index (χ1v) is 5.87. The Morgan fingerprint density at radius 2 is 2.21 bits per heavy atom. The lowest BCUT2D eigenvalue weighted by Crippen LogP contribution is -2.47. The lowest BCUT2D eigenvalue weighted by molar-refractivity contribution is -0.143. The van der Waals surface area contributed by atoms with Crippen LogP contribution >= 0.6 is 0 Å².